The second-order valence-electron chi connectivity index (χ2n) is 0. The van der Waals surface area contributed by atoms with E-state index in [4.69, 9.17) is 0 Å². The van der Waals surface area contributed by atoms with Crippen LogP contribution in [0.1, 0.15) is 0 Å². The predicted octanol–water partition coefficient (Wildman–Crippen LogP) is -3.81. The Morgan fingerprint density at radius 2 is 0.200 bits per heavy atom. The van der Waals surface area contributed by atoms with Crippen LogP contribution in [0.15, 0.2) is 0 Å². The fourth-order valence-corrected chi connectivity index (χ4v) is 0. The van der Waals surface area contributed by atoms with E-state index in [0.29, 0.717) is 0 Å². The molecular weight excluding hydrogens is 1600 g/mol. The van der Waals surface area contributed by atoms with Crippen LogP contribution in [0.5, 0.6) is 0 Å². The van der Waals surface area contributed by atoms with E-state index in [1.807, 2.05) is 0 Å². The molecule has 0 heterocycles. The molecule has 0 spiro atoms. The molecular formula is Bi4Te6. The normalized spacial score (nSPS) is 0. The summed E-state index contributed by atoms with van der Waals surface area (Å²) >= 11 is 0. The Bertz CT molecular complexity index is 9.71. The summed E-state index contributed by atoms with van der Waals surface area (Å²) in [6.45, 7) is 0. The van der Waals surface area contributed by atoms with Gasteiger partial charge in [-0.25, -0.2) is 0 Å². The number of hydrogen-bond acceptors (Lipinski definition) is 0. The third kappa shape index (κ3) is 55.5. The van der Waals surface area contributed by atoms with Crippen molar-refractivity contribution in [3.8, 4) is 0 Å². The fourth-order valence-electron chi connectivity index (χ4n) is 0. The van der Waals surface area contributed by atoms with Crippen LogP contribution in [-0.4, -0.2) is 247 Å². The zero-order valence-corrected chi connectivity index (χ0v) is 32.1. The smallest absolute Gasteiger partial charge is 0 e. The van der Waals surface area contributed by atoms with Crippen LogP contribution in [0.4, 0.5) is 0 Å². The first-order valence-electron chi connectivity index (χ1n) is 0. The van der Waals surface area contributed by atoms with Crippen molar-refractivity contribution in [1.82, 2.24) is 0 Å². The maximum absolute atomic E-state index is 0. The molecule has 0 aliphatic carbocycles. The molecule has 0 saturated carbocycles. The van der Waals surface area contributed by atoms with Gasteiger partial charge in [0, 0.05) is 247 Å². The van der Waals surface area contributed by atoms with E-state index in [1.54, 1.807) is 0 Å². The summed E-state index contributed by atoms with van der Waals surface area (Å²) in [4.78, 5) is 0. The van der Waals surface area contributed by atoms with Gasteiger partial charge in [-0.1, -0.05) is 0 Å². The van der Waals surface area contributed by atoms with Crippen molar-refractivity contribution in [2.75, 3.05) is 0 Å². The van der Waals surface area contributed by atoms with Gasteiger partial charge in [0.2, 0.25) is 0 Å². The second kappa shape index (κ2) is 66.8. The van der Waals surface area contributed by atoms with E-state index in [9.17, 15) is 0 Å². The molecule has 0 atom stereocenters. The molecule has 10 heavy (non-hydrogen) atoms. The summed E-state index contributed by atoms with van der Waals surface area (Å²) in [5.41, 5.74) is 0. The average molecular weight is 1600 g/mol. The minimum atomic E-state index is 0. The van der Waals surface area contributed by atoms with Crippen LogP contribution in [0.3, 0.4) is 0 Å². The van der Waals surface area contributed by atoms with Crippen LogP contribution in [0.25, 0.3) is 0 Å². The minimum Gasteiger partial charge on any atom is 0 e. The Morgan fingerprint density at radius 3 is 0.200 bits per heavy atom. The van der Waals surface area contributed by atoms with Crippen molar-refractivity contribution < 1.29 is 0 Å². The Kier molecular flexibility index (Phi) is 533. The third-order valence-electron chi connectivity index (χ3n) is 0. The molecule has 0 aromatic rings. The van der Waals surface area contributed by atoms with Crippen molar-refractivity contribution in [3.63, 3.8) is 0 Å². The summed E-state index contributed by atoms with van der Waals surface area (Å²) in [5, 5.41) is 0. The Balaban J connectivity index is 0. The summed E-state index contributed by atoms with van der Waals surface area (Å²) in [6.07, 6.45) is 0. The molecule has 0 fully saturated rings. The average Bonchev–Trinajstić information content (AvgIpc) is 0. The number of hydrogen-bond donors (Lipinski definition) is 0. The van der Waals surface area contributed by atoms with Gasteiger partial charge in [0.1, 0.15) is 0 Å². The van der Waals surface area contributed by atoms with Crippen molar-refractivity contribution in [2.24, 2.45) is 0 Å². The van der Waals surface area contributed by atoms with Crippen LogP contribution < -0.4 is 0 Å². The molecule has 0 amide bonds. The minimum absolute atomic E-state index is 0. The topological polar surface area (TPSA) is 0 Å². The van der Waals surface area contributed by atoms with Crippen molar-refractivity contribution >= 4 is 247 Å². The van der Waals surface area contributed by atoms with Crippen molar-refractivity contribution in [2.45, 2.75) is 0 Å². The zero-order chi connectivity index (χ0) is 0. The van der Waals surface area contributed by atoms with E-state index in [1.165, 1.54) is 0 Å². The quantitative estimate of drug-likeness (QED) is 0.219. The van der Waals surface area contributed by atoms with Gasteiger partial charge in [-0.2, -0.15) is 0 Å². The maximum atomic E-state index is 0. The van der Waals surface area contributed by atoms with Gasteiger partial charge in [0.25, 0.3) is 0 Å². The Labute approximate surface area is 239 Å². The van der Waals surface area contributed by atoms with Gasteiger partial charge in [0.15, 0.2) is 0 Å². The fraction of sp³-hybridized carbons (Fsp3) is 0. The van der Waals surface area contributed by atoms with Gasteiger partial charge >= 0.3 is 0 Å². The first kappa shape index (κ1) is 79.7. The van der Waals surface area contributed by atoms with E-state index >= 15 is 0 Å². The van der Waals surface area contributed by atoms with Crippen LogP contribution in [0.2, 0.25) is 0 Å². The van der Waals surface area contributed by atoms with Crippen LogP contribution >= 0.6 is 0 Å². The molecule has 0 saturated heterocycles. The molecule has 10 heteroatoms. The molecule has 0 rings (SSSR count). The summed E-state index contributed by atoms with van der Waals surface area (Å²) in [6, 6.07) is 0. The monoisotopic (exact) mass is 1620 g/mol. The van der Waals surface area contributed by atoms with Gasteiger partial charge in [0.05, 0.1) is 0 Å². The van der Waals surface area contributed by atoms with Crippen molar-refractivity contribution in [3.05, 3.63) is 0 Å². The van der Waals surface area contributed by atoms with Crippen molar-refractivity contribution in [1.29, 1.82) is 0 Å². The first-order chi connectivity index (χ1) is 0. The number of rotatable bonds is 0. The van der Waals surface area contributed by atoms with E-state index in [2.05, 4.69) is 0 Å². The summed E-state index contributed by atoms with van der Waals surface area (Å²) < 4.78 is 0. The first-order valence-corrected chi connectivity index (χ1v) is 0. The molecule has 0 aromatic heterocycles. The zero-order valence-electron chi connectivity index (χ0n) is 4.24. The molecule has 0 unspecified atom stereocenters. The van der Waals surface area contributed by atoms with E-state index in [0.717, 1.165) is 0 Å². The van der Waals surface area contributed by atoms with Gasteiger partial charge < -0.3 is 0 Å². The van der Waals surface area contributed by atoms with Gasteiger partial charge in [-0.15, -0.1) is 0 Å². The third-order valence-corrected chi connectivity index (χ3v) is 0. The summed E-state index contributed by atoms with van der Waals surface area (Å²) in [5.74, 6) is 0. The summed E-state index contributed by atoms with van der Waals surface area (Å²) in [7, 11) is 0. The van der Waals surface area contributed by atoms with E-state index in [-0.39, 0.29) is 247 Å². The van der Waals surface area contributed by atoms with Gasteiger partial charge in [-0.3, -0.25) is 0 Å². The molecule has 0 aliphatic heterocycles. The largest absolute Gasteiger partial charge is 0 e. The van der Waals surface area contributed by atoms with E-state index < -0.39 is 0 Å². The molecule has 24 radical (unpaired) electrons. The van der Waals surface area contributed by atoms with Crippen LogP contribution in [-0.2, 0) is 0 Å². The standard InChI is InChI=1S/4Bi.6Te. The Morgan fingerprint density at radius 1 is 0.200 bits per heavy atom. The SMILES string of the molecule is [Bi].[Bi].[Bi].[Bi].[Te].[Te].[Te].[Te].[Te].[Te]. The Hall–Kier alpha value is 8.27. The van der Waals surface area contributed by atoms with Crippen LogP contribution in [0, 0.1) is 0 Å². The maximum Gasteiger partial charge on any atom is 0 e. The molecule has 56 valence electrons. The van der Waals surface area contributed by atoms with Gasteiger partial charge in [-0.05, 0) is 0 Å². The second-order valence-corrected chi connectivity index (χ2v) is 0. The molecule has 0 aromatic carbocycles. The molecule has 0 aliphatic rings. The molecule has 0 nitrogen and oxygen atoms in total. The predicted molar refractivity (Wildman–Crippen MR) is 57.5 cm³/mol. The molecule has 0 bridgehead atoms. The molecule has 0 N–H and O–H groups in total.